The number of benzene rings is 2. The molecule has 13 heteroatoms. The number of esters is 2. The maximum atomic E-state index is 13.4. The molecule has 1 unspecified atom stereocenters. The van der Waals surface area contributed by atoms with E-state index in [0.29, 0.717) is 36.5 Å². The first-order valence-corrected chi connectivity index (χ1v) is 12.8. The molecule has 220 valence electrons. The Bertz CT molecular complexity index is 1390. The average Bonchev–Trinajstić information content (AvgIpc) is 2.90. The van der Waals surface area contributed by atoms with Crippen LogP contribution in [0.1, 0.15) is 42.9 Å². The Morgan fingerprint density at radius 1 is 1.07 bits per heavy atom. The fourth-order valence-electron chi connectivity index (χ4n) is 4.59. The van der Waals surface area contributed by atoms with E-state index in [1.807, 2.05) is 4.90 Å². The summed E-state index contributed by atoms with van der Waals surface area (Å²) < 4.78 is 48.8. The highest BCUT2D eigenvalue weighted by atomic mass is 35.5. The highest BCUT2D eigenvalue weighted by molar-refractivity contribution is 6.31. The standard InChI is InChI=1S/C28H29ClF3N3O6/c1-16-23(26(36)40-4)25(21-14-20(35(38)39)10-11-22(21)29)24(17(2)33-16)27(37)41-13-5-12-34(3)15-18-6-8-19(9-7-18)28(30,31)32/h6-11,14,25,33H,5,12-13,15H2,1-4H3. The van der Waals surface area contributed by atoms with Crippen LogP contribution >= 0.6 is 11.6 Å². The fraction of sp³-hybridized carbons (Fsp3) is 0.357. The van der Waals surface area contributed by atoms with Gasteiger partial charge in [0.05, 0.1) is 41.3 Å². The summed E-state index contributed by atoms with van der Waals surface area (Å²) in [6.45, 7) is 4.09. The van der Waals surface area contributed by atoms with Crippen LogP contribution in [-0.4, -0.2) is 49.1 Å². The van der Waals surface area contributed by atoms with Crippen LogP contribution in [0.4, 0.5) is 18.9 Å². The van der Waals surface area contributed by atoms with Crippen molar-refractivity contribution in [3.8, 4) is 0 Å². The van der Waals surface area contributed by atoms with Crippen LogP contribution in [0.3, 0.4) is 0 Å². The van der Waals surface area contributed by atoms with E-state index < -0.39 is 34.5 Å². The van der Waals surface area contributed by atoms with Crippen molar-refractivity contribution in [3.63, 3.8) is 0 Å². The molecule has 0 radical (unpaired) electrons. The zero-order chi connectivity index (χ0) is 30.5. The number of nitro groups is 1. The summed E-state index contributed by atoms with van der Waals surface area (Å²) in [6, 6.07) is 8.65. The minimum absolute atomic E-state index is 0.00138. The van der Waals surface area contributed by atoms with Gasteiger partial charge in [-0.2, -0.15) is 13.2 Å². The number of hydrogen-bond donors (Lipinski definition) is 1. The Morgan fingerprint density at radius 2 is 1.68 bits per heavy atom. The molecular formula is C28H29ClF3N3O6. The first-order chi connectivity index (χ1) is 19.2. The minimum atomic E-state index is -4.40. The van der Waals surface area contributed by atoms with Gasteiger partial charge in [0.25, 0.3) is 5.69 Å². The van der Waals surface area contributed by atoms with Gasteiger partial charge in [0.2, 0.25) is 0 Å². The first kappa shape index (κ1) is 31.6. The number of non-ortho nitro benzene ring substituents is 1. The van der Waals surface area contributed by atoms with Gasteiger partial charge in [-0.25, -0.2) is 9.59 Å². The van der Waals surface area contributed by atoms with E-state index >= 15 is 0 Å². The summed E-state index contributed by atoms with van der Waals surface area (Å²) in [7, 11) is 2.97. The van der Waals surface area contributed by atoms with Crippen molar-refractivity contribution >= 4 is 29.2 Å². The van der Waals surface area contributed by atoms with Gasteiger partial charge >= 0.3 is 18.1 Å². The van der Waals surface area contributed by atoms with E-state index in [0.717, 1.165) is 12.1 Å². The normalized spacial score (nSPS) is 15.6. The molecule has 1 aliphatic heterocycles. The molecule has 9 nitrogen and oxygen atoms in total. The summed E-state index contributed by atoms with van der Waals surface area (Å²) in [4.78, 5) is 38.9. The van der Waals surface area contributed by atoms with Crippen LogP contribution in [0.25, 0.3) is 0 Å². The molecule has 0 fully saturated rings. The van der Waals surface area contributed by atoms with Gasteiger partial charge in [0, 0.05) is 41.6 Å². The number of ether oxygens (including phenoxy) is 2. The molecule has 3 rings (SSSR count). The zero-order valence-electron chi connectivity index (χ0n) is 22.8. The average molecular weight is 596 g/mol. The Balaban J connectivity index is 1.74. The zero-order valence-corrected chi connectivity index (χ0v) is 23.6. The third kappa shape index (κ3) is 7.65. The number of allylic oxidation sites excluding steroid dienone is 2. The fourth-order valence-corrected chi connectivity index (χ4v) is 4.82. The molecule has 0 aliphatic carbocycles. The molecule has 1 aliphatic rings. The third-order valence-electron chi connectivity index (χ3n) is 6.54. The number of methoxy groups -OCH3 is 1. The maximum Gasteiger partial charge on any atom is 0.416 e. The van der Waals surface area contributed by atoms with Crippen molar-refractivity contribution in [3.05, 3.63) is 96.8 Å². The van der Waals surface area contributed by atoms with Crippen LogP contribution < -0.4 is 5.32 Å². The highest BCUT2D eigenvalue weighted by Crippen LogP contribution is 2.43. The van der Waals surface area contributed by atoms with Crippen molar-refractivity contribution in [2.45, 2.75) is 38.9 Å². The Morgan fingerprint density at radius 3 is 2.24 bits per heavy atom. The number of halogens is 4. The maximum absolute atomic E-state index is 13.4. The smallest absolute Gasteiger partial charge is 0.416 e. The lowest BCUT2D eigenvalue weighted by atomic mass is 9.80. The predicted molar refractivity (Wildman–Crippen MR) is 145 cm³/mol. The largest absolute Gasteiger partial charge is 0.466 e. The SMILES string of the molecule is COC(=O)C1=C(C)NC(C)=C(C(=O)OCCCN(C)Cc2ccc(C(F)(F)F)cc2)C1c1cc([N+](=O)[O-])ccc1Cl. The van der Waals surface area contributed by atoms with Crippen molar-refractivity contribution in [2.75, 3.05) is 27.3 Å². The quantitative estimate of drug-likeness (QED) is 0.160. The number of nitro benzene ring substituents is 1. The number of carbonyl (C=O) groups excluding carboxylic acids is 2. The summed E-state index contributed by atoms with van der Waals surface area (Å²) in [6.07, 6.45) is -3.99. The Kier molecular flexibility index (Phi) is 10.2. The first-order valence-electron chi connectivity index (χ1n) is 12.5. The van der Waals surface area contributed by atoms with E-state index in [1.54, 1.807) is 20.9 Å². The molecule has 2 aromatic rings. The number of carbonyl (C=O) groups is 2. The van der Waals surface area contributed by atoms with Crippen LogP contribution in [0.5, 0.6) is 0 Å². The van der Waals surface area contributed by atoms with Crippen molar-refractivity contribution < 1.29 is 37.2 Å². The summed E-state index contributed by atoms with van der Waals surface area (Å²) in [5, 5.41) is 14.6. The summed E-state index contributed by atoms with van der Waals surface area (Å²) in [5.74, 6) is -2.59. The lowest BCUT2D eigenvalue weighted by Crippen LogP contribution is -2.32. The number of alkyl halides is 3. The van der Waals surface area contributed by atoms with E-state index in [9.17, 15) is 32.9 Å². The number of nitrogens with one attached hydrogen (secondary N) is 1. The predicted octanol–water partition coefficient (Wildman–Crippen LogP) is 5.74. The number of rotatable bonds is 10. The second-order valence-electron chi connectivity index (χ2n) is 9.51. The summed E-state index contributed by atoms with van der Waals surface area (Å²) in [5.41, 5.74) is 0.759. The minimum Gasteiger partial charge on any atom is -0.466 e. The molecule has 0 saturated carbocycles. The molecule has 0 bridgehead atoms. The van der Waals surface area contributed by atoms with Crippen LogP contribution in [0.15, 0.2) is 65.0 Å². The van der Waals surface area contributed by atoms with Gasteiger partial charge in [0.15, 0.2) is 0 Å². The highest BCUT2D eigenvalue weighted by Gasteiger charge is 2.39. The van der Waals surface area contributed by atoms with Crippen LogP contribution in [0.2, 0.25) is 5.02 Å². The van der Waals surface area contributed by atoms with E-state index in [2.05, 4.69) is 5.32 Å². The molecule has 41 heavy (non-hydrogen) atoms. The van der Waals surface area contributed by atoms with Crippen molar-refractivity contribution in [2.24, 2.45) is 0 Å². The van der Waals surface area contributed by atoms with E-state index in [4.69, 9.17) is 21.1 Å². The molecule has 1 N–H and O–H groups in total. The van der Waals surface area contributed by atoms with E-state index in [-0.39, 0.29) is 34.0 Å². The molecular weight excluding hydrogens is 567 g/mol. The van der Waals surface area contributed by atoms with Gasteiger partial charge < -0.3 is 19.7 Å². The lowest BCUT2D eigenvalue weighted by Gasteiger charge is -2.30. The Labute approximate surface area is 239 Å². The van der Waals surface area contributed by atoms with Gasteiger partial charge in [-0.3, -0.25) is 10.1 Å². The third-order valence-corrected chi connectivity index (χ3v) is 6.88. The summed E-state index contributed by atoms with van der Waals surface area (Å²) >= 11 is 6.42. The molecule has 1 atom stereocenters. The number of dihydropyridines is 1. The van der Waals surface area contributed by atoms with Gasteiger partial charge in [-0.15, -0.1) is 0 Å². The molecule has 2 aromatic carbocycles. The second kappa shape index (κ2) is 13.2. The van der Waals surface area contributed by atoms with Crippen molar-refractivity contribution in [1.82, 2.24) is 10.2 Å². The molecule has 0 spiro atoms. The monoisotopic (exact) mass is 595 g/mol. The van der Waals surface area contributed by atoms with E-state index in [1.165, 1.54) is 37.4 Å². The Hall–Kier alpha value is -3.90. The van der Waals surface area contributed by atoms with Gasteiger partial charge in [-0.05, 0) is 56.6 Å². The van der Waals surface area contributed by atoms with Gasteiger partial charge in [-0.1, -0.05) is 23.7 Å². The van der Waals surface area contributed by atoms with Crippen molar-refractivity contribution in [1.29, 1.82) is 0 Å². The second-order valence-corrected chi connectivity index (χ2v) is 9.92. The topological polar surface area (TPSA) is 111 Å². The van der Waals surface area contributed by atoms with Crippen LogP contribution in [0, 0.1) is 10.1 Å². The lowest BCUT2D eigenvalue weighted by molar-refractivity contribution is -0.384. The molecule has 0 aromatic heterocycles. The molecule has 1 heterocycles. The molecule has 0 amide bonds. The number of nitrogens with zero attached hydrogens (tertiary/aromatic N) is 2. The molecule has 0 saturated heterocycles. The van der Waals surface area contributed by atoms with Crippen LogP contribution in [-0.2, 0) is 31.8 Å². The van der Waals surface area contributed by atoms with Gasteiger partial charge in [0.1, 0.15) is 0 Å². The number of hydrogen-bond acceptors (Lipinski definition) is 8.